The Hall–Kier alpha value is -2.46. The third-order valence-electron chi connectivity index (χ3n) is 15.5. The number of phosphoric ester groups is 2. The highest BCUT2D eigenvalue weighted by Crippen LogP contribution is 2.45. The number of allylic oxidation sites excluding steroid dienone is 4. The Kier molecular flexibility index (Phi) is 61.5. The molecular formula is C69H130O17P2. The fourth-order valence-electron chi connectivity index (χ4n) is 9.98. The first-order valence-corrected chi connectivity index (χ1v) is 38.6. The van der Waals surface area contributed by atoms with Crippen molar-refractivity contribution >= 4 is 39.5 Å². The summed E-state index contributed by atoms with van der Waals surface area (Å²) in [5.41, 5.74) is 0. The summed E-state index contributed by atoms with van der Waals surface area (Å²) in [5.74, 6) is -2.16. The van der Waals surface area contributed by atoms with Crippen molar-refractivity contribution in [1.29, 1.82) is 0 Å². The molecule has 0 aromatic heterocycles. The minimum absolute atomic E-state index is 0.102. The molecule has 3 N–H and O–H groups in total. The van der Waals surface area contributed by atoms with E-state index in [-0.39, 0.29) is 25.7 Å². The Balaban J connectivity index is 5.23. The molecule has 0 spiro atoms. The number of carbonyl (C=O) groups is 4. The molecule has 518 valence electrons. The molecule has 0 aromatic rings. The van der Waals surface area contributed by atoms with E-state index in [0.29, 0.717) is 25.7 Å². The maximum absolute atomic E-state index is 13.0. The predicted octanol–water partition coefficient (Wildman–Crippen LogP) is 19.4. The van der Waals surface area contributed by atoms with Gasteiger partial charge in [-0.3, -0.25) is 37.3 Å². The van der Waals surface area contributed by atoms with Gasteiger partial charge in [0.2, 0.25) is 0 Å². The number of aliphatic hydroxyl groups excluding tert-OH is 1. The van der Waals surface area contributed by atoms with E-state index in [9.17, 15) is 43.2 Å². The molecule has 0 fully saturated rings. The molecule has 0 aliphatic heterocycles. The lowest BCUT2D eigenvalue weighted by molar-refractivity contribution is -0.161. The van der Waals surface area contributed by atoms with E-state index in [0.717, 1.165) is 122 Å². The first kappa shape index (κ1) is 85.5. The average Bonchev–Trinajstić information content (AvgIpc) is 3.70. The third-order valence-corrected chi connectivity index (χ3v) is 17.4. The van der Waals surface area contributed by atoms with Crippen LogP contribution < -0.4 is 0 Å². The normalized spacial score (nSPS) is 14.2. The first-order chi connectivity index (χ1) is 42.7. The molecule has 0 bridgehead atoms. The monoisotopic (exact) mass is 1290 g/mol. The third kappa shape index (κ3) is 62.4. The lowest BCUT2D eigenvalue weighted by Crippen LogP contribution is -2.30. The molecule has 0 radical (unpaired) electrons. The number of phosphoric acid groups is 2. The number of rotatable bonds is 68. The molecule has 0 rings (SSSR count). The van der Waals surface area contributed by atoms with E-state index in [1.54, 1.807) is 0 Å². The second-order valence-electron chi connectivity index (χ2n) is 24.2. The summed E-state index contributed by atoms with van der Waals surface area (Å²) in [5, 5.41) is 10.6. The Bertz CT molecular complexity index is 1780. The molecule has 0 saturated heterocycles. The summed E-state index contributed by atoms with van der Waals surface area (Å²) in [7, 11) is -9.90. The summed E-state index contributed by atoms with van der Waals surface area (Å²) in [6.45, 7) is 4.82. The topological polar surface area (TPSA) is 237 Å². The molecule has 17 nitrogen and oxygen atoms in total. The Labute approximate surface area is 535 Å². The van der Waals surface area contributed by atoms with E-state index in [1.807, 2.05) is 0 Å². The van der Waals surface area contributed by atoms with Crippen molar-refractivity contribution in [2.75, 3.05) is 39.6 Å². The molecule has 0 amide bonds. The highest BCUT2D eigenvalue weighted by atomic mass is 31.2. The van der Waals surface area contributed by atoms with Gasteiger partial charge >= 0.3 is 39.5 Å². The lowest BCUT2D eigenvalue weighted by atomic mass is 10.0. The lowest BCUT2D eigenvalue weighted by Gasteiger charge is -2.21. The van der Waals surface area contributed by atoms with Crippen LogP contribution in [0, 0.1) is 0 Å². The number of aliphatic hydroxyl groups is 1. The smallest absolute Gasteiger partial charge is 0.462 e. The van der Waals surface area contributed by atoms with Gasteiger partial charge in [0.05, 0.1) is 26.4 Å². The van der Waals surface area contributed by atoms with E-state index >= 15 is 0 Å². The zero-order valence-electron chi connectivity index (χ0n) is 56.2. The molecular weight excluding hydrogens is 1160 g/mol. The molecule has 19 heteroatoms. The van der Waals surface area contributed by atoms with Crippen molar-refractivity contribution in [3.63, 3.8) is 0 Å². The maximum atomic E-state index is 13.0. The van der Waals surface area contributed by atoms with Crippen LogP contribution >= 0.6 is 15.6 Å². The Morgan fingerprint density at radius 1 is 0.318 bits per heavy atom. The van der Waals surface area contributed by atoms with Gasteiger partial charge in [-0.05, 0) is 51.4 Å². The van der Waals surface area contributed by atoms with Crippen molar-refractivity contribution in [3.05, 3.63) is 24.3 Å². The van der Waals surface area contributed by atoms with Crippen LogP contribution in [0.3, 0.4) is 0 Å². The van der Waals surface area contributed by atoms with Crippen LogP contribution in [0.2, 0.25) is 0 Å². The zero-order valence-corrected chi connectivity index (χ0v) is 58.0. The first-order valence-electron chi connectivity index (χ1n) is 35.6. The van der Waals surface area contributed by atoms with Crippen LogP contribution in [0.25, 0.3) is 0 Å². The van der Waals surface area contributed by atoms with Gasteiger partial charge < -0.3 is 33.8 Å². The van der Waals surface area contributed by atoms with Gasteiger partial charge in [0.15, 0.2) is 12.2 Å². The maximum Gasteiger partial charge on any atom is 0.472 e. The van der Waals surface area contributed by atoms with Crippen molar-refractivity contribution < 1.29 is 80.2 Å². The second-order valence-corrected chi connectivity index (χ2v) is 27.1. The van der Waals surface area contributed by atoms with Crippen molar-refractivity contribution in [2.45, 2.75) is 354 Å². The number of unbranched alkanes of at least 4 members (excludes halogenated alkanes) is 39. The van der Waals surface area contributed by atoms with Gasteiger partial charge in [-0.25, -0.2) is 9.13 Å². The Morgan fingerprint density at radius 3 is 0.830 bits per heavy atom. The zero-order chi connectivity index (χ0) is 64.7. The molecule has 88 heavy (non-hydrogen) atoms. The van der Waals surface area contributed by atoms with Gasteiger partial charge in [-0.2, -0.15) is 0 Å². The van der Waals surface area contributed by atoms with Crippen LogP contribution in [-0.4, -0.2) is 96.7 Å². The molecule has 0 heterocycles. The van der Waals surface area contributed by atoms with Crippen molar-refractivity contribution in [2.24, 2.45) is 0 Å². The Morgan fingerprint density at radius 2 is 0.545 bits per heavy atom. The van der Waals surface area contributed by atoms with Crippen LogP contribution in [0.4, 0.5) is 0 Å². The van der Waals surface area contributed by atoms with E-state index in [2.05, 4.69) is 52.0 Å². The molecule has 0 saturated carbocycles. The van der Waals surface area contributed by atoms with E-state index < -0.39 is 97.5 Å². The summed E-state index contributed by atoms with van der Waals surface area (Å²) in [6.07, 6.45) is 53.6. The fourth-order valence-corrected chi connectivity index (χ4v) is 11.6. The SMILES string of the molecule is CCCCCC/C=C\C=C/CCCCCCCC(=O)OC[C@H](COP(=O)(O)OC[C@@H](O)COP(=O)(O)OC[C@@H](COC(=O)CCCCCCCCC)OC(=O)CCCCCCCCCCCC)OC(=O)CCCCCCCCCCCCCCCCCC. The molecule has 2 unspecified atom stereocenters. The highest BCUT2D eigenvalue weighted by molar-refractivity contribution is 7.47. The molecule has 0 aliphatic carbocycles. The van der Waals surface area contributed by atoms with Crippen molar-refractivity contribution in [3.8, 4) is 0 Å². The quantitative estimate of drug-likeness (QED) is 0.0169. The average molecular weight is 1290 g/mol. The van der Waals surface area contributed by atoms with Crippen LogP contribution in [0.1, 0.15) is 336 Å². The number of esters is 4. The van der Waals surface area contributed by atoms with Gasteiger partial charge in [0.25, 0.3) is 0 Å². The molecule has 0 aromatic carbocycles. The van der Waals surface area contributed by atoms with Crippen LogP contribution in [-0.2, 0) is 65.4 Å². The largest absolute Gasteiger partial charge is 0.472 e. The highest BCUT2D eigenvalue weighted by Gasteiger charge is 2.30. The predicted molar refractivity (Wildman–Crippen MR) is 354 cm³/mol. The van der Waals surface area contributed by atoms with E-state index in [4.69, 9.17) is 37.0 Å². The minimum atomic E-state index is -4.96. The molecule has 5 atom stereocenters. The summed E-state index contributed by atoms with van der Waals surface area (Å²) in [4.78, 5) is 72.3. The van der Waals surface area contributed by atoms with Gasteiger partial charge in [0.1, 0.15) is 19.3 Å². The van der Waals surface area contributed by atoms with Gasteiger partial charge in [0, 0.05) is 25.7 Å². The number of hydrogen-bond acceptors (Lipinski definition) is 15. The van der Waals surface area contributed by atoms with Crippen LogP contribution in [0.5, 0.6) is 0 Å². The second kappa shape index (κ2) is 63.3. The standard InChI is InChI=1S/C69H130O17P2/c1-5-9-13-17-21-24-27-29-31-33-35-37-40-44-48-52-56-69(74)86-65(60-80-67(72)54-50-46-42-39-36-34-32-30-28-25-22-18-14-10-6-2)62-84-88(77,78)82-58-63(70)57-81-87(75,76)83-61-64(59-79-66(71)53-49-45-41-20-16-12-8-4)85-68(73)55-51-47-43-38-26-23-19-15-11-7-3/h25,28,30,32,63-65,70H,5-24,26-27,29,31,33-62H2,1-4H3,(H,75,76)(H,77,78)/b28-25-,32-30-/t63-,64+,65+/m0/s1. The number of ether oxygens (including phenoxy) is 4. The summed E-state index contributed by atoms with van der Waals surface area (Å²) in [6, 6.07) is 0. The van der Waals surface area contributed by atoms with E-state index in [1.165, 1.54) is 135 Å². The molecule has 0 aliphatic rings. The summed E-state index contributed by atoms with van der Waals surface area (Å²) >= 11 is 0. The number of hydrogen-bond donors (Lipinski definition) is 3. The van der Waals surface area contributed by atoms with Crippen LogP contribution in [0.15, 0.2) is 24.3 Å². The summed E-state index contributed by atoms with van der Waals surface area (Å²) < 4.78 is 68.1. The number of carbonyl (C=O) groups excluding carboxylic acids is 4. The van der Waals surface area contributed by atoms with Gasteiger partial charge in [-0.15, -0.1) is 0 Å². The van der Waals surface area contributed by atoms with Gasteiger partial charge in [-0.1, -0.05) is 283 Å². The fraction of sp³-hybridized carbons (Fsp3) is 0.884. The van der Waals surface area contributed by atoms with Crippen molar-refractivity contribution in [1.82, 2.24) is 0 Å². The minimum Gasteiger partial charge on any atom is -0.462 e.